The van der Waals surface area contributed by atoms with Crippen LogP contribution in [0.15, 0.2) is 46.9 Å². The highest BCUT2D eigenvalue weighted by Crippen LogP contribution is 2.22. The summed E-state index contributed by atoms with van der Waals surface area (Å²) in [5.41, 5.74) is 2.08. The van der Waals surface area contributed by atoms with Crippen molar-refractivity contribution in [3.8, 4) is 5.75 Å². The second kappa shape index (κ2) is 7.78. The summed E-state index contributed by atoms with van der Waals surface area (Å²) >= 11 is 3.20. The molecule has 0 bridgehead atoms. The number of benzene rings is 2. The Hall–Kier alpha value is -2.34. The van der Waals surface area contributed by atoms with E-state index in [1.165, 1.54) is 12.1 Å². The summed E-state index contributed by atoms with van der Waals surface area (Å²) in [5, 5.41) is 12.3. The van der Waals surface area contributed by atoms with E-state index in [0.717, 1.165) is 11.1 Å². The lowest BCUT2D eigenvalue weighted by Gasteiger charge is -2.09. The number of halogens is 1. The first kappa shape index (κ1) is 17.0. The van der Waals surface area contributed by atoms with Gasteiger partial charge in [-0.05, 0) is 36.2 Å². The molecular weight excluding hydrogens is 362 g/mol. The Bertz CT molecular complexity index is 730. The van der Waals surface area contributed by atoms with Gasteiger partial charge in [-0.2, -0.15) is 0 Å². The van der Waals surface area contributed by atoms with Crippen LogP contribution in [0.3, 0.4) is 0 Å². The molecule has 0 heterocycles. The van der Waals surface area contributed by atoms with Gasteiger partial charge in [-0.25, -0.2) is 4.79 Å². The van der Waals surface area contributed by atoms with Crippen molar-refractivity contribution >= 4 is 27.8 Å². The van der Waals surface area contributed by atoms with E-state index in [9.17, 15) is 14.7 Å². The van der Waals surface area contributed by atoms with Gasteiger partial charge in [0.1, 0.15) is 11.3 Å². The lowest BCUT2D eigenvalue weighted by molar-refractivity contribution is -0.124. The number of aromatic hydroxyl groups is 1. The molecule has 2 aromatic carbocycles. The lowest BCUT2D eigenvalue weighted by atomic mass is 10.1. The molecule has 1 amide bonds. The first-order valence-corrected chi connectivity index (χ1v) is 7.73. The van der Waals surface area contributed by atoms with Gasteiger partial charge in [0.05, 0.1) is 0 Å². The number of carbonyl (C=O) groups excluding carboxylic acids is 2. The smallest absolute Gasteiger partial charge is 0.342 e. The summed E-state index contributed by atoms with van der Waals surface area (Å²) in [6, 6.07) is 12.1. The average molecular weight is 378 g/mol. The standard InChI is InChI=1S/C17H16BrNO4/c1-11-4-2-3-5-12(11)9-19-16(21)10-23-17(22)14-8-13(18)6-7-15(14)20/h2-8,20H,9-10H2,1H3,(H,19,21). The predicted octanol–water partition coefficient (Wildman–Crippen LogP) is 2.94. The minimum atomic E-state index is -0.755. The molecule has 0 saturated heterocycles. The third-order valence-corrected chi connectivity index (χ3v) is 3.74. The maximum Gasteiger partial charge on any atom is 0.342 e. The fourth-order valence-electron chi connectivity index (χ4n) is 1.93. The molecule has 0 atom stereocenters. The number of ether oxygens (including phenoxy) is 1. The third-order valence-electron chi connectivity index (χ3n) is 3.25. The number of phenols is 1. The lowest BCUT2D eigenvalue weighted by Crippen LogP contribution is -2.28. The topological polar surface area (TPSA) is 75.6 Å². The molecule has 0 aliphatic rings. The van der Waals surface area contributed by atoms with Crippen LogP contribution < -0.4 is 5.32 Å². The number of aryl methyl sites for hydroxylation is 1. The van der Waals surface area contributed by atoms with Crippen molar-refractivity contribution in [2.24, 2.45) is 0 Å². The minimum absolute atomic E-state index is 0.00563. The maximum atomic E-state index is 11.9. The zero-order valence-corrected chi connectivity index (χ0v) is 14.1. The predicted molar refractivity (Wildman–Crippen MR) is 89.1 cm³/mol. The van der Waals surface area contributed by atoms with E-state index < -0.39 is 18.5 Å². The normalized spacial score (nSPS) is 10.2. The Morgan fingerprint density at radius 3 is 2.70 bits per heavy atom. The summed E-state index contributed by atoms with van der Waals surface area (Å²) in [7, 11) is 0. The molecule has 0 fully saturated rings. The first-order chi connectivity index (χ1) is 11.0. The molecule has 2 aromatic rings. The molecule has 0 radical (unpaired) electrons. The van der Waals surface area contributed by atoms with Crippen molar-refractivity contribution < 1.29 is 19.4 Å². The molecule has 120 valence electrons. The number of hydrogen-bond acceptors (Lipinski definition) is 4. The van der Waals surface area contributed by atoms with E-state index in [1.807, 2.05) is 31.2 Å². The highest BCUT2D eigenvalue weighted by Gasteiger charge is 2.14. The van der Waals surface area contributed by atoms with Crippen LogP contribution in [0.4, 0.5) is 0 Å². The van der Waals surface area contributed by atoms with Crippen LogP contribution in [0.2, 0.25) is 0 Å². The van der Waals surface area contributed by atoms with E-state index in [0.29, 0.717) is 11.0 Å². The number of hydrogen-bond donors (Lipinski definition) is 2. The Morgan fingerprint density at radius 1 is 1.22 bits per heavy atom. The van der Waals surface area contributed by atoms with E-state index in [1.54, 1.807) is 6.07 Å². The van der Waals surface area contributed by atoms with Gasteiger partial charge in [-0.3, -0.25) is 4.79 Å². The SMILES string of the molecule is Cc1ccccc1CNC(=O)COC(=O)c1cc(Br)ccc1O. The Labute approximate surface area is 142 Å². The number of amides is 1. The van der Waals surface area contributed by atoms with Crippen molar-refractivity contribution in [3.63, 3.8) is 0 Å². The summed E-state index contributed by atoms with van der Waals surface area (Å²) < 4.78 is 5.54. The molecule has 2 rings (SSSR count). The fraction of sp³-hybridized carbons (Fsp3) is 0.176. The monoisotopic (exact) mass is 377 g/mol. The van der Waals surface area contributed by atoms with Gasteiger partial charge in [0.15, 0.2) is 6.61 Å². The molecule has 0 aromatic heterocycles. The van der Waals surface area contributed by atoms with E-state index in [2.05, 4.69) is 21.2 Å². The van der Waals surface area contributed by atoms with Gasteiger partial charge in [0.25, 0.3) is 5.91 Å². The van der Waals surface area contributed by atoms with Crippen LogP contribution >= 0.6 is 15.9 Å². The van der Waals surface area contributed by atoms with Crippen LogP contribution in [0.25, 0.3) is 0 Å². The maximum absolute atomic E-state index is 11.9. The second-order valence-electron chi connectivity index (χ2n) is 4.94. The summed E-state index contributed by atoms with van der Waals surface area (Å²) in [4.78, 5) is 23.6. The number of carbonyl (C=O) groups is 2. The molecule has 0 saturated carbocycles. The quantitative estimate of drug-likeness (QED) is 0.785. The minimum Gasteiger partial charge on any atom is -0.507 e. The largest absolute Gasteiger partial charge is 0.507 e. The summed E-state index contributed by atoms with van der Waals surface area (Å²) in [6.07, 6.45) is 0. The number of esters is 1. The van der Waals surface area contributed by atoms with Gasteiger partial charge in [-0.15, -0.1) is 0 Å². The van der Waals surface area contributed by atoms with E-state index >= 15 is 0 Å². The van der Waals surface area contributed by atoms with Crippen molar-refractivity contribution in [1.29, 1.82) is 0 Å². The van der Waals surface area contributed by atoms with Crippen LogP contribution in [0, 0.1) is 6.92 Å². The molecule has 0 spiro atoms. The van der Waals surface area contributed by atoms with Gasteiger partial charge in [0, 0.05) is 11.0 Å². The zero-order valence-electron chi connectivity index (χ0n) is 12.5. The molecule has 5 nitrogen and oxygen atoms in total. The number of rotatable bonds is 5. The molecule has 0 aliphatic heterocycles. The van der Waals surface area contributed by atoms with Crippen molar-refractivity contribution in [2.75, 3.05) is 6.61 Å². The molecule has 6 heteroatoms. The van der Waals surface area contributed by atoms with Crippen molar-refractivity contribution in [1.82, 2.24) is 5.32 Å². The van der Waals surface area contributed by atoms with Crippen LogP contribution in [0.5, 0.6) is 5.75 Å². The van der Waals surface area contributed by atoms with Gasteiger partial charge < -0.3 is 15.2 Å². The van der Waals surface area contributed by atoms with Gasteiger partial charge in [0.2, 0.25) is 0 Å². The summed E-state index contributed by atoms with van der Waals surface area (Å²) in [6.45, 7) is 1.92. The molecule has 0 aliphatic carbocycles. The molecule has 2 N–H and O–H groups in total. The van der Waals surface area contributed by atoms with Crippen LogP contribution in [-0.4, -0.2) is 23.6 Å². The second-order valence-corrected chi connectivity index (χ2v) is 5.86. The Kier molecular flexibility index (Phi) is 5.76. The highest BCUT2D eigenvalue weighted by molar-refractivity contribution is 9.10. The number of phenolic OH excluding ortho intramolecular Hbond substituents is 1. The van der Waals surface area contributed by atoms with Crippen molar-refractivity contribution in [2.45, 2.75) is 13.5 Å². The summed E-state index contributed by atoms with van der Waals surface area (Å²) in [5.74, 6) is -1.36. The Balaban J connectivity index is 1.86. The average Bonchev–Trinajstić information content (AvgIpc) is 2.54. The highest BCUT2D eigenvalue weighted by atomic mass is 79.9. The Morgan fingerprint density at radius 2 is 1.96 bits per heavy atom. The van der Waals surface area contributed by atoms with Crippen LogP contribution in [-0.2, 0) is 16.1 Å². The van der Waals surface area contributed by atoms with Gasteiger partial charge >= 0.3 is 5.97 Å². The fourth-order valence-corrected chi connectivity index (χ4v) is 2.29. The zero-order chi connectivity index (χ0) is 16.8. The third kappa shape index (κ3) is 4.82. The van der Waals surface area contributed by atoms with E-state index in [4.69, 9.17) is 4.74 Å². The number of nitrogens with one attached hydrogen (secondary N) is 1. The first-order valence-electron chi connectivity index (χ1n) is 6.94. The molecule has 23 heavy (non-hydrogen) atoms. The van der Waals surface area contributed by atoms with E-state index in [-0.39, 0.29) is 11.3 Å². The molecule has 0 unspecified atom stereocenters. The van der Waals surface area contributed by atoms with Crippen LogP contribution in [0.1, 0.15) is 21.5 Å². The van der Waals surface area contributed by atoms with Crippen molar-refractivity contribution in [3.05, 3.63) is 63.6 Å². The van der Waals surface area contributed by atoms with Gasteiger partial charge in [-0.1, -0.05) is 40.2 Å². The molecular formula is C17H16BrNO4.